The minimum atomic E-state index is -0.0548. The Bertz CT molecular complexity index is 2590. The summed E-state index contributed by atoms with van der Waals surface area (Å²) in [4.78, 5) is 10.8. The van der Waals surface area contributed by atoms with Gasteiger partial charge in [0, 0.05) is 33.1 Å². The monoisotopic (exact) mass is 612 g/mol. The molecule has 3 aliphatic rings. The molecular weight excluding hydrogens is 581 g/mol. The first-order chi connectivity index (χ1) is 23.3. The molecule has 8 aromatic rings. The van der Waals surface area contributed by atoms with Crippen LogP contribution in [0.1, 0.15) is 49.9 Å². The molecule has 48 heavy (non-hydrogen) atoms. The summed E-state index contributed by atoms with van der Waals surface area (Å²) in [6.45, 7) is 9.25. The van der Waals surface area contributed by atoms with Gasteiger partial charge in [-0.25, -0.2) is 9.97 Å². The van der Waals surface area contributed by atoms with Crippen molar-refractivity contribution in [1.82, 2.24) is 9.97 Å². The summed E-state index contributed by atoms with van der Waals surface area (Å²) in [5.41, 5.74) is 17.0. The second kappa shape index (κ2) is 8.65. The van der Waals surface area contributed by atoms with E-state index in [1.54, 1.807) is 0 Å². The number of hydrogen-bond acceptors (Lipinski definition) is 2. The topological polar surface area (TPSA) is 25.8 Å². The number of pyridine rings is 2. The van der Waals surface area contributed by atoms with Crippen molar-refractivity contribution in [1.29, 1.82) is 0 Å². The lowest BCUT2D eigenvalue weighted by atomic mass is 9.83. The standard InChI is InChI=1S/C46H32N2/c1-45(2)34-11-7-5-9-32(34)43-36(45)21-23-38(47-43)26-17-19-30-31-20-18-27(29-16-14-25-13-15-28(26)41(30)40(25)42(29)31)39-24-22-37-44(48-39)33-10-6-8-12-35(33)46(37,3)4/h5-24H,1-4H3. The van der Waals surface area contributed by atoms with Crippen LogP contribution in [0.4, 0.5) is 0 Å². The third-order valence-electron chi connectivity index (χ3n) is 11.8. The van der Waals surface area contributed by atoms with Gasteiger partial charge in [-0.15, -0.1) is 0 Å². The van der Waals surface area contributed by atoms with E-state index >= 15 is 0 Å². The van der Waals surface area contributed by atoms with Gasteiger partial charge >= 0.3 is 0 Å². The lowest BCUT2D eigenvalue weighted by molar-refractivity contribution is 0.659. The van der Waals surface area contributed by atoms with Gasteiger partial charge in [0.05, 0.1) is 22.8 Å². The summed E-state index contributed by atoms with van der Waals surface area (Å²) in [5, 5.41) is 7.82. The molecule has 0 N–H and O–H groups in total. The third-order valence-corrected chi connectivity index (χ3v) is 11.8. The fourth-order valence-corrected chi connectivity index (χ4v) is 9.40. The molecule has 0 bridgehead atoms. The number of nitrogens with zero attached hydrogens (tertiary/aromatic N) is 2. The summed E-state index contributed by atoms with van der Waals surface area (Å²) in [7, 11) is 0. The molecule has 0 amide bonds. The molecule has 2 aromatic heterocycles. The lowest BCUT2D eigenvalue weighted by Crippen LogP contribution is -2.14. The Morgan fingerprint density at radius 3 is 1.27 bits per heavy atom. The average Bonchev–Trinajstić information content (AvgIpc) is 3.67. The number of hydrogen-bond donors (Lipinski definition) is 0. The minimum absolute atomic E-state index is 0.0548. The molecule has 6 aromatic carbocycles. The molecular formula is C46H32N2. The molecule has 0 radical (unpaired) electrons. The van der Waals surface area contributed by atoms with Gasteiger partial charge in [-0.1, -0.05) is 137 Å². The first-order valence-corrected chi connectivity index (χ1v) is 17.0. The van der Waals surface area contributed by atoms with Crippen LogP contribution in [0.2, 0.25) is 0 Å². The summed E-state index contributed by atoms with van der Waals surface area (Å²) in [6, 6.07) is 45.0. The maximum Gasteiger partial charge on any atom is 0.0753 e. The van der Waals surface area contributed by atoms with E-state index in [1.165, 1.54) is 88.0 Å². The zero-order valence-electron chi connectivity index (χ0n) is 27.4. The predicted octanol–water partition coefficient (Wildman–Crippen LogP) is 11.9. The largest absolute Gasteiger partial charge is 0.247 e. The van der Waals surface area contributed by atoms with Crippen molar-refractivity contribution in [2.24, 2.45) is 0 Å². The Kier molecular flexibility index (Phi) is 4.77. The predicted molar refractivity (Wildman–Crippen MR) is 200 cm³/mol. The van der Waals surface area contributed by atoms with Crippen LogP contribution in [-0.2, 0) is 10.8 Å². The van der Waals surface area contributed by atoms with Crippen LogP contribution >= 0.6 is 0 Å². The van der Waals surface area contributed by atoms with Crippen molar-refractivity contribution in [3.8, 4) is 56.2 Å². The number of aromatic nitrogens is 2. The molecule has 0 saturated carbocycles. The second-order valence-electron chi connectivity index (χ2n) is 14.9. The van der Waals surface area contributed by atoms with Crippen molar-refractivity contribution in [3.63, 3.8) is 0 Å². The van der Waals surface area contributed by atoms with E-state index in [0.717, 1.165) is 22.8 Å². The first kappa shape index (κ1) is 26.5. The smallest absolute Gasteiger partial charge is 0.0753 e. The Hall–Kier alpha value is -5.60. The van der Waals surface area contributed by atoms with Crippen LogP contribution in [0.5, 0.6) is 0 Å². The highest BCUT2D eigenvalue weighted by Crippen LogP contribution is 2.53. The summed E-state index contributed by atoms with van der Waals surface area (Å²) in [6.07, 6.45) is 0. The molecule has 2 heteroatoms. The SMILES string of the molecule is CC1(C)c2ccccc2-c2nc(-c3ccc4c5c3ccc3ccc6c(-c7ccc8c(n7)-c7ccccc7C8(C)C)ccc-4c6c35)ccc21. The number of fused-ring (bicyclic) bond motifs is 7. The van der Waals surface area contributed by atoms with Gasteiger partial charge in [0.25, 0.3) is 0 Å². The van der Waals surface area contributed by atoms with Crippen LogP contribution in [-0.4, -0.2) is 9.97 Å². The van der Waals surface area contributed by atoms with Crippen molar-refractivity contribution in [2.75, 3.05) is 0 Å². The normalized spacial score (nSPS) is 15.4. The average molecular weight is 613 g/mol. The van der Waals surface area contributed by atoms with Crippen LogP contribution in [0.25, 0.3) is 88.5 Å². The van der Waals surface area contributed by atoms with Gasteiger partial charge in [-0.2, -0.15) is 0 Å². The molecule has 2 nitrogen and oxygen atoms in total. The molecule has 11 rings (SSSR count). The van der Waals surface area contributed by atoms with E-state index < -0.39 is 0 Å². The van der Waals surface area contributed by atoms with E-state index in [9.17, 15) is 0 Å². The molecule has 3 aliphatic carbocycles. The zero-order chi connectivity index (χ0) is 32.1. The van der Waals surface area contributed by atoms with Gasteiger partial charge in [0.2, 0.25) is 0 Å². The lowest BCUT2D eigenvalue weighted by Gasteiger charge is -2.21. The van der Waals surface area contributed by atoms with Crippen molar-refractivity contribution in [3.05, 3.63) is 144 Å². The van der Waals surface area contributed by atoms with Gasteiger partial charge in [0.15, 0.2) is 0 Å². The fourth-order valence-electron chi connectivity index (χ4n) is 9.40. The fraction of sp³-hybridized carbons (Fsp3) is 0.130. The Morgan fingerprint density at radius 2 is 0.792 bits per heavy atom. The Balaban J connectivity index is 1.12. The molecule has 0 atom stereocenters. The zero-order valence-corrected chi connectivity index (χ0v) is 27.4. The van der Waals surface area contributed by atoms with Crippen LogP contribution in [0.3, 0.4) is 0 Å². The maximum atomic E-state index is 5.38. The second-order valence-corrected chi connectivity index (χ2v) is 14.9. The molecule has 226 valence electrons. The van der Waals surface area contributed by atoms with E-state index in [2.05, 4.69) is 149 Å². The highest BCUT2D eigenvalue weighted by Gasteiger charge is 2.38. The Morgan fingerprint density at radius 1 is 0.354 bits per heavy atom. The van der Waals surface area contributed by atoms with Crippen LogP contribution in [0, 0.1) is 0 Å². The van der Waals surface area contributed by atoms with Gasteiger partial charge < -0.3 is 0 Å². The molecule has 0 unspecified atom stereocenters. The van der Waals surface area contributed by atoms with Crippen LogP contribution < -0.4 is 0 Å². The van der Waals surface area contributed by atoms with E-state index in [-0.39, 0.29) is 10.8 Å². The van der Waals surface area contributed by atoms with E-state index in [0.29, 0.717) is 0 Å². The van der Waals surface area contributed by atoms with Crippen molar-refractivity contribution >= 4 is 32.3 Å². The van der Waals surface area contributed by atoms with Gasteiger partial charge in [-0.3, -0.25) is 0 Å². The highest BCUT2D eigenvalue weighted by molar-refractivity contribution is 6.35. The maximum absolute atomic E-state index is 5.38. The molecule has 0 spiro atoms. The molecule has 0 aliphatic heterocycles. The van der Waals surface area contributed by atoms with Crippen molar-refractivity contribution in [2.45, 2.75) is 38.5 Å². The van der Waals surface area contributed by atoms with E-state index in [1.807, 2.05) is 0 Å². The molecule has 2 heterocycles. The first-order valence-electron chi connectivity index (χ1n) is 17.0. The summed E-state index contributed by atoms with van der Waals surface area (Å²) >= 11 is 0. The van der Waals surface area contributed by atoms with Crippen LogP contribution in [0.15, 0.2) is 121 Å². The minimum Gasteiger partial charge on any atom is -0.247 e. The molecule has 0 fully saturated rings. The highest BCUT2D eigenvalue weighted by atomic mass is 14.8. The molecule has 0 saturated heterocycles. The van der Waals surface area contributed by atoms with Gasteiger partial charge in [0.1, 0.15) is 0 Å². The number of rotatable bonds is 2. The van der Waals surface area contributed by atoms with Gasteiger partial charge in [-0.05, 0) is 77.8 Å². The number of benzene rings is 6. The third kappa shape index (κ3) is 3.09. The Labute approximate surface area is 279 Å². The summed E-state index contributed by atoms with van der Waals surface area (Å²) in [5.74, 6) is 0. The quantitative estimate of drug-likeness (QED) is 0.182. The van der Waals surface area contributed by atoms with E-state index in [4.69, 9.17) is 9.97 Å². The summed E-state index contributed by atoms with van der Waals surface area (Å²) < 4.78 is 0. The van der Waals surface area contributed by atoms with Crippen molar-refractivity contribution < 1.29 is 0 Å².